The predicted molar refractivity (Wildman–Crippen MR) is 45.2 cm³/mol. The topological polar surface area (TPSA) is 23.5 Å². The largest absolute Gasteiger partial charge is 0.386 e. The third-order valence-corrected chi connectivity index (χ3v) is 2.99. The van der Waals surface area contributed by atoms with Gasteiger partial charge in [-0.3, -0.25) is 0 Å². The van der Waals surface area contributed by atoms with Crippen LogP contribution in [0.5, 0.6) is 0 Å². The zero-order valence-corrected chi connectivity index (χ0v) is 7.23. The molecule has 60 valence electrons. The van der Waals surface area contributed by atoms with Crippen LogP contribution in [0.15, 0.2) is 0 Å². The van der Waals surface area contributed by atoms with E-state index in [1.165, 1.54) is 19.5 Å². The first-order valence-electron chi connectivity index (χ1n) is 3.81. The zero-order chi connectivity index (χ0) is 7.40. The molecule has 0 saturated carbocycles. The molecule has 0 aliphatic carbocycles. The van der Waals surface area contributed by atoms with E-state index in [0.717, 1.165) is 6.54 Å². The summed E-state index contributed by atoms with van der Waals surface area (Å²) < 4.78 is 0. The van der Waals surface area contributed by atoms with Gasteiger partial charge in [-0.25, -0.2) is 0 Å². The normalized spacial score (nSPS) is 27.6. The number of nitrogens with zero attached hydrogens (tertiary/aromatic N) is 1. The summed E-state index contributed by atoms with van der Waals surface area (Å²) in [6, 6.07) is 0. The second-order valence-corrected chi connectivity index (χ2v) is 3.86. The molecule has 3 heteroatoms. The Bertz CT molecular complexity index is 99.6. The van der Waals surface area contributed by atoms with Gasteiger partial charge < -0.3 is 10.0 Å². The van der Waals surface area contributed by atoms with Crippen molar-refractivity contribution in [2.75, 3.05) is 25.6 Å². The summed E-state index contributed by atoms with van der Waals surface area (Å²) in [5.74, 6) is 0.280. The van der Waals surface area contributed by atoms with Gasteiger partial charge >= 0.3 is 0 Å². The minimum atomic E-state index is 0.280. The molecule has 1 unspecified atom stereocenters. The molecule has 1 aliphatic heterocycles. The Balaban J connectivity index is 2.15. The zero-order valence-electron chi connectivity index (χ0n) is 6.42. The molecule has 1 N–H and O–H groups in total. The van der Waals surface area contributed by atoms with E-state index < -0.39 is 0 Å². The first-order chi connectivity index (χ1) is 4.86. The Hall–Kier alpha value is 0.270. The number of likely N-dealkylation sites (tertiary alicyclic amines) is 1. The molecule has 1 atom stereocenters. The molecule has 2 nitrogen and oxygen atoms in total. The van der Waals surface area contributed by atoms with E-state index in [1.807, 2.05) is 0 Å². The van der Waals surface area contributed by atoms with Crippen molar-refractivity contribution in [2.45, 2.75) is 18.6 Å². The molecular weight excluding hydrogens is 146 g/mol. The molecule has 1 heterocycles. The van der Waals surface area contributed by atoms with Crippen molar-refractivity contribution in [3.8, 4) is 0 Å². The summed E-state index contributed by atoms with van der Waals surface area (Å²) in [5, 5.41) is 9.32. The van der Waals surface area contributed by atoms with E-state index in [9.17, 15) is 0 Å². The monoisotopic (exact) mass is 161 g/mol. The van der Waals surface area contributed by atoms with Gasteiger partial charge in [0.05, 0.1) is 5.94 Å². The highest BCUT2D eigenvalue weighted by atomic mass is 32.2. The van der Waals surface area contributed by atoms with Gasteiger partial charge in [-0.2, -0.15) is 0 Å². The average Bonchev–Trinajstić information content (AvgIpc) is 2.37. The van der Waals surface area contributed by atoms with Gasteiger partial charge in [0.25, 0.3) is 0 Å². The minimum absolute atomic E-state index is 0.280. The maximum Gasteiger partial charge on any atom is 0.0889 e. The van der Waals surface area contributed by atoms with Gasteiger partial charge in [0.15, 0.2) is 0 Å². The molecule has 0 spiro atoms. The number of aliphatic hydroxyl groups excluding tert-OH is 1. The van der Waals surface area contributed by atoms with Crippen molar-refractivity contribution >= 4 is 11.8 Å². The van der Waals surface area contributed by atoms with Gasteiger partial charge in [0, 0.05) is 11.8 Å². The fraction of sp³-hybridized carbons (Fsp3) is 1.00. The highest BCUT2D eigenvalue weighted by Crippen LogP contribution is 2.20. The molecule has 0 bridgehead atoms. The van der Waals surface area contributed by atoms with Gasteiger partial charge in [0.2, 0.25) is 0 Å². The lowest BCUT2D eigenvalue weighted by Crippen LogP contribution is -2.20. The van der Waals surface area contributed by atoms with E-state index in [0.29, 0.717) is 5.25 Å². The molecule has 1 aliphatic rings. The molecule has 1 saturated heterocycles. The van der Waals surface area contributed by atoms with E-state index in [1.54, 1.807) is 11.8 Å². The van der Waals surface area contributed by atoms with E-state index in [-0.39, 0.29) is 5.94 Å². The first-order valence-corrected chi connectivity index (χ1v) is 4.86. The van der Waals surface area contributed by atoms with Crippen molar-refractivity contribution in [3.63, 3.8) is 0 Å². The average molecular weight is 161 g/mol. The summed E-state index contributed by atoms with van der Waals surface area (Å²) in [6.07, 6.45) is 1.25. The minimum Gasteiger partial charge on any atom is -0.386 e. The van der Waals surface area contributed by atoms with Crippen LogP contribution in [0.25, 0.3) is 0 Å². The van der Waals surface area contributed by atoms with Crippen LogP contribution in [0.2, 0.25) is 0 Å². The molecule has 0 amide bonds. The van der Waals surface area contributed by atoms with Crippen LogP contribution in [0.1, 0.15) is 13.3 Å². The van der Waals surface area contributed by atoms with Crippen molar-refractivity contribution in [1.29, 1.82) is 0 Å². The fourth-order valence-electron chi connectivity index (χ4n) is 1.33. The van der Waals surface area contributed by atoms with Crippen LogP contribution in [0, 0.1) is 0 Å². The number of thioether (sulfide) groups is 1. The lowest BCUT2D eigenvalue weighted by Gasteiger charge is -2.11. The predicted octanol–water partition coefficient (Wildman–Crippen LogP) is 0.764. The van der Waals surface area contributed by atoms with Crippen molar-refractivity contribution in [3.05, 3.63) is 0 Å². The maximum atomic E-state index is 8.63. The highest BCUT2D eigenvalue weighted by molar-refractivity contribution is 7.99. The SMILES string of the molecule is CCN1CCC(SCO)C1. The maximum absolute atomic E-state index is 8.63. The van der Waals surface area contributed by atoms with Crippen LogP contribution in [0.3, 0.4) is 0 Å². The van der Waals surface area contributed by atoms with Crippen LogP contribution >= 0.6 is 11.8 Å². The molecule has 10 heavy (non-hydrogen) atoms. The Morgan fingerprint density at radius 3 is 3.00 bits per heavy atom. The van der Waals surface area contributed by atoms with Crippen LogP contribution in [0.4, 0.5) is 0 Å². The Kier molecular flexibility index (Phi) is 3.52. The second-order valence-electron chi connectivity index (χ2n) is 2.60. The number of hydrogen-bond acceptors (Lipinski definition) is 3. The van der Waals surface area contributed by atoms with Crippen molar-refractivity contribution in [1.82, 2.24) is 4.90 Å². The number of rotatable bonds is 3. The standard InChI is InChI=1S/C7H15NOS/c1-2-8-4-3-7(5-8)10-6-9/h7,9H,2-6H2,1H3. The Labute approximate surface area is 66.6 Å². The third-order valence-electron chi connectivity index (χ3n) is 1.99. The summed E-state index contributed by atoms with van der Waals surface area (Å²) in [6.45, 7) is 5.73. The van der Waals surface area contributed by atoms with Gasteiger partial charge in [-0.1, -0.05) is 6.92 Å². The molecular formula is C7H15NOS. The van der Waals surface area contributed by atoms with E-state index in [4.69, 9.17) is 5.11 Å². The van der Waals surface area contributed by atoms with Crippen molar-refractivity contribution < 1.29 is 5.11 Å². The first kappa shape index (κ1) is 8.37. The van der Waals surface area contributed by atoms with Crippen LogP contribution in [-0.4, -0.2) is 40.8 Å². The third kappa shape index (κ3) is 2.15. The quantitative estimate of drug-likeness (QED) is 0.618. The van der Waals surface area contributed by atoms with Gasteiger partial charge in [-0.15, -0.1) is 11.8 Å². The molecule has 0 aromatic carbocycles. The summed E-state index contributed by atoms with van der Waals surface area (Å²) in [5.41, 5.74) is 0. The van der Waals surface area contributed by atoms with E-state index >= 15 is 0 Å². The Morgan fingerprint density at radius 2 is 2.50 bits per heavy atom. The summed E-state index contributed by atoms with van der Waals surface area (Å²) in [4.78, 5) is 2.42. The molecule has 1 rings (SSSR count). The summed E-state index contributed by atoms with van der Waals surface area (Å²) >= 11 is 1.67. The number of hydrogen-bond donors (Lipinski definition) is 1. The smallest absolute Gasteiger partial charge is 0.0889 e. The molecule has 1 fully saturated rings. The van der Waals surface area contributed by atoms with Gasteiger partial charge in [0.1, 0.15) is 0 Å². The Morgan fingerprint density at radius 1 is 1.70 bits per heavy atom. The fourth-order valence-corrected chi connectivity index (χ4v) is 2.12. The van der Waals surface area contributed by atoms with Gasteiger partial charge in [-0.05, 0) is 19.5 Å². The highest BCUT2D eigenvalue weighted by Gasteiger charge is 2.20. The lowest BCUT2D eigenvalue weighted by atomic mass is 10.4. The molecule has 0 aromatic rings. The van der Waals surface area contributed by atoms with Crippen molar-refractivity contribution in [2.24, 2.45) is 0 Å². The molecule has 0 aromatic heterocycles. The van der Waals surface area contributed by atoms with Crippen LogP contribution in [-0.2, 0) is 0 Å². The summed E-state index contributed by atoms with van der Waals surface area (Å²) in [7, 11) is 0. The molecule has 0 radical (unpaired) electrons. The van der Waals surface area contributed by atoms with Crippen LogP contribution < -0.4 is 0 Å². The number of aliphatic hydroxyl groups is 1. The lowest BCUT2D eigenvalue weighted by molar-refractivity contribution is 0.358. The van der Waals surface area contributed by atoms with E-state index in [2.05, 4.69) is 11.8 Å². The second kappa shape index (κ2) is 4.21.